The Hall–Kier alpha value is -2.83. The third-order valence-corrected chi connectivity index (χ3v) is 3.23. The Kier molecular flexibility index (Phi) is 2.90. The van der Waals surface area contributed by atoms with Crippen LogP contribution in [0.2, 0.25) is 0 Å². The monoisotopic (exact) mass is 285 g/mol. The smallest absolute Gasteiger partial charge is 0.222 e. The number of hydrogen-bond donors (Lipinski definition) is 1. The van der Waals surface area contributed by atoms with Crippen molar-refractivity contribution in [3.8, 4) is 11.3 Å². The van der Waals surface area contributed by atoms with Crippen molar-refractivity contribution in [1.29, 1.82) is 0 Å². The second-order valence-electron chi connectivity index (χ2n) is 4.66. The summed E-state index contributed by atoms with van der Waals surface area (Å²) in [5.41, 5.74) is 6.71. The van der Waals surface area contributed by atoms with Crippen molar-refractivity contribution in [3.05, 3.63) is 35.8 Å². The summed E-state index contributed by atoms with van der Waals surface area (Å²) in [6, 6.07) is 4.63. The first-order valence-electron chi connectivity index (χ1n) is 6.24. The summed E-state index contributed by atoms with van der Waals surface area (Å²) in [7, 11) is 1.69. The van der Waals surface area contributed by atoms with Crippen molar-refractivity contribution in [3.63, 3.8) is 0 Å². The van der Waals surface area contributed by atoms with Gasteiger partial charge in [-0.2, -0.15) is 10.1 Å². The number of aromatic nitrogens is 4. The third kappa shape index (κ3) is 2.03. The molecule has 0 radical (unpaired) electrons. The SMILES string of the molecule is CC(=O)c1cccc(-c2nn(C)c3nc(N)ncc23)c1F. The summed E-state index contributed by atoms with van der Waals surface area (Å²) < 4.78 is 16.0. The summed E-state index contributed by atoms with van der Waals surface area (Å²) in [4.78, 5) is 19.5. The molecule has 0 aliphatic rings. The number of aryl methyl sites for hydroxylation is 1. The molecule has 3 rings (SSSR count). The highest BCUT2D eigenvalue weighted by Gasteiger charge is 2.19. The van der Waals surface area contributed by atoms with Crippen LogP contribution in [0.25, 0.3) is 22.3 Å². The molecule has 0 spiro atoms. The summed E-state index contributed by atoms with van der Waals surface area (Å²) in [5, 5.41) is 4.84. The first-order chi connectivity index (χ1) is 9.99. The molecule has 2 N–H and O–H groups in total. The number of hydrogen-bond acceptors (Lipinski definition) is 5. The predicted molar refractivity (Wildman–Crippen MR) is 76.1 cm³/mol. The zero-order valence-electron chi connectivity index (χ0n) is 11.5. The molecule has 0 aliphatic carbocycles. The lowest BCUT2D eigenvalue weighted by molar-refractivity contribution is 0.101. The Morgan fingerprint density at radius 1 is 1.38 bits per heavy atom. The molecule has 3 aromatic rings. The number of rotatable bonds is 2. The average Bonchev–Trinajstić information content (AvgIpc) is 2.75. The van der Waals surface area contributed by atoms with Crippen LogP contribution in [-0.2, 0) is 7.05 Å². The lowest BCUT2D eigenvalue weighted by atomic mass is 10.0. The highest BCUT2D eigenvalue weighted by atomic mass is 19.1. The molecule has 106 valence electrons. The summed E-state index contributed by atoms with van der Waals surface area (Å²) in [6.07, 6.45) is 1.50. The zero-order chi connectivity index (χ0) is 15.1. The first kappa shape index (κ1) is 13.2. The Morgan fingerprint density at radius 3 is 2.86 bits per heavy atom. The van der Waals surface area contributed by atoms with Crippen molar-refractivity contribution < 1.29 is 9.18 Å². The van der Waals surface area contributed by atoms with E-state index in [2.05, 4.69) is 15.1 Å². The highest BCUT2D eigenvalue weighted by Crippen LogP contribution is 2.29. The Labute approximate surface area is 119 Å². The van der Waals surface area contributed by atoms with Crippen molar-refractivity contribution in [2.45, 2.75) is 6.92 Å². The van der Waals surface area contributed by atoms with Crippen LogP contribution in [0.5, 0.6) is 0 Å². The van der Waals surface area contributed by atoms with Gasteiger partial charge < -0.3 is 5.73 Å². The number of nitrogens with zero attached hydrogens (tertiary/aromatic N) is 4. The fourth-order valence-electron chi connectivity index (χ4n) is 2.24. The number of ketones is 1. The van der Waals surface area contributed by atoms with Crippen LogP contribution in [0.4, 0.5) is 10.3 Å². The molecule has 6 nitrogen and oxygen atoms in total. The highest BCUT2D eigenvalue weighted by molar-refractivity contribution is 5.97. The van der Waals surface area contributed by atoms with E-state index in [4.69, 9.17) is 5.73 Å². The van der Waals surface area contributed by atoms with E-state index >= 15 is 0 Å². The number of fused-ring (bicyclic) bond motifs is 1. The van der Waals surface area contributed by atoms with Gasteiger partial charge >= 0.3 is 0 Å². The second-order valence-corrected chi connectivity index (χ2v) is 4.66. The summed E-state index contributed by atoms with van der Waals surface area (Å²) in [6.45, 7) is 1.32. The van der Waals surface area contributed by atoms with Crippen LogP contribution in [0.3, 0.4) is 0 Å². The molecule has 0 saturated heterocycles. The fourth-order valence-corrected chi connectivity index (χ4v) is 2.24. The van der Waals surface area contributed by atoms with E-state index in [9.17, 15) is 9.18 Å². The van der Waals surface area contributed by atoms with Crippen LogP contribution < -0.4 is 5.73 Å². The van der Waals surface area contributed by atoms with E-state index in [1.165, 1.54) is 23.9 Å². The normalized spacial score (nSPS) is 11.0. The molecule has 0 amide bonds. The molecule has 0 saturated carbocycles. The average molecular weight is 285 g/mol. The fraction of sp³-hybridized carbons (Fsp3) is 0.143. The third-order valence-electron chi connectivity index (χ3n) is 3.23. The van der Waals surface area contributed by atoms with E-state index in [0.29, 0.717) is 16.7 Å². The maximum atomic E-state index is 14.5. The zero-order valence-corrected chi connectivity index (χ0v) is 11.5. The number of Topliss-reactive ketones (excluding diaryl/α,β-unsaturated/α-hetero) is 1. The van der Waals surface area contributed by atoms with E-state index in [0.717, 1.165) is 0 Å². The first-order valence-corrected chi connectivity index (χ1v) is 6.24. The Bertz CT molecular complexity index is 871. The largest absolute Gasteiger partial charge is 0.368 e. The number of nitrogens with two attached hydrogens (primary N) is 1. The van der Waals surface area contributed by atoms with Gasteiger partial charge in [0.2, 0.25) is 5.95 Å². The number of carbonyl (C=O) groups excluding carboxylic acids is 1. The standard InChI is InChI=1S/C14H12FN5O/c1-7(21)8-4-3-5-9(11(8)15)12-10-6-17-14(16)18-13(10)20(2)19-12/h3-6H,1-2H3,(H2,16,17,18). The maximum Gasteiger partial charge on any atom is 0.222 e. The van der Waals surface area contributed by atoms with Gasteiger partial charge in [0.1, 0.15) is 11.5 Å². The molecule has 0 fully saturated rings. The summed E-state index contributed by atoms with van der Waals surface area (Å²) in [5.74, 6) is -0.813. The lowest BCUT2D eigenvalue weighted by Gasteiger charge is -2.04. The molecule has 0 aliphatic heterocycles. The van der Waals surface area contributed by atoms with Crippen LogP contribution in [0, 0.1) is 5.82 Å². The van der Waals surface area contributed by atoms with Crippen molar-refractivity contribution in [2.75, 3.05) is 5.73 Å². The lowest BCUT2D eigenvalue weighted by Crippen LogP contribution is -1.99. The van der Waals surface area contributed by atoms with Crippen LogP contribution in [0.1, 0.15) is 17.3 Å². The van der Waals surface area contributed by atoms with Crippen molar-refractivity contribution in [2.24, 2.45) is 7.05 Å². The minimum atomic E-state index is -0.596. The van der Waals surface area contributed by atoms with Gasteiger partial charge in [0.05, 0.1) is 10.9 Å². The molecule has 7 heteroatoms. The van der Waals surface area contributed by atoms with E-state index < -0.39 is 5.82 Å². The van der Waals surface area contributed by atoms with Crippen molar-refractivity contribution in [1.82, 2.24) is 19.7 Å². The van der Waals surface area contributed by atoms with Gasteiger partial charge in [-0.05, 0) is 19.1 Å². The molecule has 0 unspecified atom stereocenters. The Balaban J connectivity index is 2.31. The van der Waals surface area contributed by atoms with Crippen LogP contribution in [-0.4, -0.2) is 25.5 Å². The van der Waals surface area contributed by atoms with Gasteiger partial charge in [-0.3, -0.25) is 4.79 Å². The number of nitrogen functional groups attached to an aromatic ring is 1. The predicted octanol–water partition coefficient (Wildman–Crippen LogP) is 1.95. The number of halogens is 1. The van der Waals surface area contributed by atoms with Gasteiger partial charge in [0.15, 0.2) is 11.4 Å². The number of carbonyl (C=O) groups is 1. The summed E-state index contributed by atoms with van der Waals surface area (Å²) >= 11 is 0. The van der Waals surface area contributed by atoms with Gasteiger partial charge in [-0.25, -0.2) is 14.1 Å². The van der Waals surface area contributed by atoms with Crippen LogP contribution >= 0.6 is 0 Å². The van der Waals surface area contributed by atoms with Gasteiger partial charge in [-0.15, -0.1) is 0 Å². The molecule has 21 heavy (non-hydrogen) atoms. The van der Waals surface area contributed by atoms with E-state index in [-0.39, 0.29) is 22.9 Å². The number of anilines is 1. The molecule has 1 aromatic carbocycles. The van der Waals surface area contributed by atoms with E-state index in [1.807, 2.05) is 0 Å². The van der Waals surface area contributed by atoms with Gasteiger partial charge in [-0.1, -0.05) is 6.07 Å². The minimum Gasteiger partial charge on any atom is -0.368 e. The van der Waals surface area contributed by atoms with E-state index in [1.54, 1.807) is 19.2 Å². The van der Waals surface area contributed by atoms with Gasteiger partial charge in [0.25, 0.3) is 0 Å². The second kappa shape index (κ2) is 4.62. The molecule has 2 aromatic heterocycles. The molecule has 0 bridgehead atoms. The number of benzene rings is 1. The Morgan fingerprint density at radius 2 is 2.14 bits per heavy atom. The molecular weight excluding hydrogens is 273 g/mol. The molecular formula is C14H12FN5O. The molecule has 0 atom stereocenters. The maximum absolute atomic E-state index is 14.5. The molecule has 2 heterocycles. The van der Waals surface area contributed by atoms with Crippen LogP contribution in [0.15, 0.2) is 24.4 Å². The van der Waals surface area contributed by atoms with Crippen molar-refractivity contribution >= 4 is 22.8 Å². The topological polar surface area (TPSA) is 86.7 Å². The van der Waals surface area contributed by atoms with Gasteiger partial charge in [0, 0.05) is 18.8 Å². The quantitative estimate of drug-likeness (QED) is 0.727. The minimum absolute atomic E-state index is 0.0302.